The van der Waals surface area contributed by atoms with Crippen LogP contribution in [0.2, 0.25) is 0 Å². The summed E-state index contributed by atoms with van der Waals surface area (Å²) in [5.74, 6) is 0.320. The predicted octanol–water partition coefficient (Wildman–Crippen LogP) is 3.29. The number of aryl methyl sites for hydroxylation is 2. The number of aromatic hydroxyl groups is 1. The van der Waals surface area contributed by atoms with Gasteiger partial charge in [0.05, 0.1) is 16.9 Å². The number of aromatic amines is 1. The number of aromatic nitrogens is 2. The van der Waals surface area contributed by atoms with Gasteiger partial charge in [0, 0.05) is 24.2 Å². The Labute approximate surface area is 162 Å². The average molecular weight is 408 g/mol. The van der Waals surface area contributed by atoms with Gasteiger partial charge in [-0.2, -0.15) is 9.40 Å². The number of ether oxygens (including phenoxy) is 1. The van der Waals surface area contributed by atoms with Crippen molar-refractivity contribution in [3.05, 3.63) is 46.5 Å². The van der Waals surface area contributed by atoms with Crippen LogP contribution in [0.1, 0.15) is 16.1 Å². The van der Waals surface area contributed by atoms with Gasteiger partial charge < -0.3 is 9.84 Å². The first-order valence-corrected chi connectivity index (χ1v) is 10.4. The number of H-pyrrole nitrogens is 1. The molecule has 0 aliphatic carbocycles. The molecule has 27 heavy (non-hydrogen) atoms. The fourth-order valence-electron chi connectivity index (χ4n) is 2.74. The van der Waals surface area contributed by atoms with Crippen molar-refractivity contribution in [2.75, 3.05) is 14.2 Å². The molecule has 7 nitrogen and oxygen atoms in total. The zero-order chi connectivity index (χ0) is 19.8. The third kappa shape index (κ3) is 3.85. The number of phenolic OH excluding ortho intramolecular Hbond substituents is 1. The van der Waals surface area contributed by atoms with Crippen LogP contribution in [0.15, 0.2) is 35.2 Å². The molecule has 0 spiro atoms. The summed E-state index contributed by atoms with van der Waals surface area (Å²) >= 11 is 1.39. The number of hydrogen-bond donors (Lipinski definition) is 2. The van der Waals surface area contributed by atoms with Gasteiger partial charge in [-0.15, -0.1) is 11.3 Å². The lowest BCUT2D eigenvalue weighted by molar-refractivity contribution is 0.372. The Morgan fingerprint density at radius 2 is 2.00 bits per heavy atom. The Kier molecular flexibility index (Phi) is 5.27. The quantitative estimate of drug-likeness (QED) is 0.654. The van der Waals surface area contributed by atoms with Crippen LogP contribution in [-0.2, 0) is 16.6 Å². The summed E-state index contributed by atoms with van der Waals surface area (Å²) in [6, 6.07) is 8.38. The van der Waals surface area contributed by atoms with Gasteiger partial charge in [-0.25, -0.2) is 8.42 Å². The molecule has 1 aromatic carbocycles. The van der Waals surface area contributed by atoms with Crippen molar-refractivity contribution in [2.24, 2.45) is 0 Å². The maximum Gasteiger partial charge on any atom is 0.244 e. The van der Waals surface area contributed by atoms with Gasteiger partial charge >= 0.3 is 0 Å². The van der Waals surface area contributed by atoms with Gasteiger partial charge in [0.2, 0.25) is 10.0 Å². The smallest absolute Gasteiger partial charge is 0.244 e. The molecule has 0 saturated heterocycles. The summed E-state index contributed by atoms with van der Waals surface area (Å²) in [4.78, 5) is 1.77. The summed E-state index contributed by atoms with van der Waals surface area (Å²) in [6.07, 6.45) is 0. The average Bonchev–Trinajstić information content (AvgIpc) is 3.21. The van der Waals surface area contributed by atoms with E-state index in [1.54, 1.807) is 25.1 Å². The summed E-state index contributed by atoms with van der Waals surface area (Å²) in [5, 5.41) is 17.0. The molecular formula is C18H21N3O4S2. The number of benzene rings is 1. The van der Waals surface area contributed by atoms with Gasteiger partial charge in [0.25, 0.3) is 0 Å². The lowest BCUT2D eigenvalue weighted by atomic mass is 10.2. The van der Waals surface area contributed by atoms with Gasteiger partial charge in [0.15, 0.2) is 11.5 Å². The minimum Gasteiger partial charge on any atom is -0.504 e. The number of phenols is 1. The van der Waals surface area contributed by atoms with Crippen LogP contribution in [0, 0.1) is 13.8 Å². The number of nitrogens with one attached hydrogen (secondary N) is 1. The van der Waals surface area contributed by atoms with Gasteiger partial charge in [-0.3, -0.25) is 5.10 Å². The lowest BCUT2D eigenvalue weighted by Gasteiger charge is -2.17. The number of nitrogens with zero attached hydrogens (tertiary/aromatic N) is 2. The molecule has 3 rings (SSSR count). The third-order valence-corrected chi connectivity index (χ3v) is 7.30. The van der Waals surface area contributed by atoms with Crippen molar-refractivity contribution >= 4 is 21.4 Å². The van der Waals surface area contributed by atoms with E-state index in [0.29, 0.717) is 16.2 Å². The molecule has 0 aliphatic rings. The van der Waals surface area contributed by atoms with Crippen LogP contribution >= 0.6 is 11.3 Å². The highest BCUT2D eigenvalue weighted by Gasteiger charge is 2.26. The highest BCUT2D eigenvalue weighted by molar-refractivity contribution is 7.89. The Bertz CT molecular complexity index is 1070. The van der Waals surface area contributed by atoms with Crippen LogP contribution in [0.25, 0.3) is 10.6 Å². The molecule has 144 valence electrons. The maximum absolute atomic E-state index is 13.0. The Hall–Kier alpha value is -2.36. The molecular weight excluding hydrogens is 386 g/mol. The molecule has 2 N–H and O–H groups in total. The topological polar surface area (TPSA) is 95.5 Å². The summed E-state index contributed by atoms with van der Waals surface area (Å²) in [7, 11) is -0.703. The molecule has 0 amide bonds. The monoisotopic (exact) mass is 407 g/mol. The summed E-state index contributed by atoms with van der Waals surface area (Å²) in [5.41, 5.74) is 2.30. The van der Waals surface area contributed by atoms with E-state index in [-0.39, 0.29) is 17.2 Å². The first-order valence-electron chi connectivity index (χ1n) is 8.17. The lowest BCUT2D eigenvalue weighted by Crippen LogP contribution is -2.26. The minimum absolute atomic E-state index is 0.0244. The van der Waals surface area contributed by atoms with E-state index in [0.717, 1.165) is 16.3 Å². The van der Waals surface area contributed by atoms with Gasteiger partial charge in [-0.1, -0.05) is 6.07 Å². The molecule has 0 aliphatic heterocycles. The second kappa shape index (κ2) is 7.34. The standard InChI is InChI=1S/C18H21N3O4S2/c1-11-7-14(20-19-11)17-9-18(12(2)26-17)27(23,24)21(3)10-13-5-6-16(25-4)15(22)8-13/h5-9,22H,10H2,1-4H3,(H,19,20). The summed E-state index contributed by atoms with van der Waals surface area (Å²) < 4.78 is 32.3. The van der Waals surface area contributed by atoms with Crippen molar-refractivity contribution in [1.29, 1.82) is 0 Å². The normalized spacial score (nSPS) is 11.9. The van der Waals surface area contributed by atoms with E-state index in [1.807, 2.05) is 13.0 Å². The number of sulfonamides is 1. The first-order chi connectivity index (χ1) is 12.7. The predicted molar refractivity (Wildman–Crippen MR) is 105 cm³/mol. The largest absolute Gasteiger partial charge is 0.504 e. The molecule has 0 atom stereocenters. The molecule has 0 radical (unpaired) electrons. The second-order valence-electron chi connectivity index (χ2n) is 6.23. The Morgan fingerprint density at radius 1 is 1.26 bits per heavy atom. The summed E-state index contributed by atoms with van der Waals surface area (Å²) in [6.45, 7) is 3.81. The first kappa shape index (κ1) is 19.4. The van der Waals surface area contributed by atoms with E-state index < -0.39 is 10.0 Å². The van der Waals surface area contributed by atoms with E-state index in [4.69, 9.17) is 4.74 Å². The molecule has 0 saturated carbocycles. The SMILES string of the molecule is COc1ccc(CN(C)S(=O)(=O)c2cc(-c3cc(C)[nH]n3)sc2C)cc1O. The molecule has 0 bridgehead atoms. The van der Waals surface area contributed by atoms with Crippen LogP contribution in [0.3, 0.4) is 0 Å². The van der Waals surface area contributed by atoms with E-state index in [9.17, 15) is 13.5 Å². The van der Waals surface area contributed by atoms with E-state index >= 15 is 0 Å². The number of rotatable bonds is 6. The molecule has 0 unspecified atom stereocenters. The molecule has 2 heterocycles. The molecule has 2 aromatic heterocycles. The van der Waals surface area contributed by atoms with Crippen molar-refractivity contribution < 1.29 is 18.3 Å². The molecule has 3 aromatic rings. The van der Waals surface area contributed by atoms with Crippen molar-refractivity contribution in [1.82, 2.24) is 14.5 Å². The van der Waals surface area contributed by atoms with Crippen molar-refractivity contribution in [2.45, 2.75) is 25.3 Å². The highest BCUT2D eigenvalue weighted by atomic mass is 32.2. The fraction of sp³-hybridized carbons (Fsp3) is 0.278. The highest BCUT2D eigenvalue weighted by Crippen LogP contribution is 2.34. The number of thiophene rings is 1. The zero-order valence-electron chi connectivity index (χ0n) is 15.5. The third-order valence-electron chi connectivity index (χ3n) is 4.17. The zero-order valence-corrected chi connectivity index (χ0v) is 17.1. The van der Waals surface area contributed by atoms with Gasteiger partial charge in [-0.05, 0) is 43.7 Å². The Balaban J connectivity index is 1.87. The molecule has 9 heteroatoms. The number of methoxy groups -OCH3 is 1. The van der Waals surface area contributed by atoms with Crippen LogP contribution < -0.4 is 4.74 Å². The van der Waals surface area contributed by atoms with Crippen molar-refractivity contribution in [3.63, 3.8) is 0 Å². The van der Waals surface area contributed by atoms with E-state index in [2.05, 4.69) is 10.2 Å². The fourth-order valence-corrected chi connectivity index (χ4v) is 5.41. The maximum atomic E-state index is 13.0. The van der Waals surface area contributed by atoms with Gasteiger partial charge in [0.1, 0.15) is 5.69 Å². The molecule has 0 fully saturated rings. The van der Waals surface area contributed by atoms with Crippen LogP contribution in [-0.4, -0.2) is 42.2 Å². The van der Waals surface area contributed by atoms with Crippen molar-refractivity contribution in [3.8, 4) is 22.1 Å². The van der Waals surface area contributed by atoms with Crippen LogP contribution in [0.4, 0.5) is 0 Å². The second-order valence-corrected chi connectivity index (χ2v) is 9.50. The van der Waals surface area contributed by atoms with E-state index in [1.165, 1.54) is 35.9 Å². The number of hydrogen-bond acceptors (Lipinski definition) is 6. The van der Waals surface area contributed by atoms with Crippen LogP contribution in [0.5, 0.6) is 11.5 Å². The minimum atomic E-state index is -3.68. The Morgan fingerprint density at radius 3 is 2.59 bits per heavy atom.